The van der Waals surface area contributed by atoms with E-state index in [2.05, 4.69) is 11.4 Å². The van der Waals surface area contributed by atoms with Gasteiger partial charge in [0, 0.05) is 18.3 Å². The van der Waals surface area contributed by atoms with Gasteiger partial charge in [0.25, 0.3) is 0 Å². The molecule has 19 heavy (non-hydrogen) atoms. The summed E-state index contributed by atoms with van der Waals surface area (Å²) in [4.78, 5) is 0. The highest BCUT2D eigenvalue weighted by atomic mass is 19.1. The standard InChI is InChI=1S/C15H21FN2O/c1-15(2,11-17)8-4-5-9-18-12-6-7-14(19-3)13(16)10-12/h6-7,10,18H,4-5,8-9H2,1-3H3. The Morgan fingerprint density at radius 3 is 2.68 bits per heavy atom. The number of unbranched alkanes of at least 4 members (excludes halogenated alkanes) is 1. The zero-order chi connectivity index (χ0) is 14.3. The van der Waals surface area contributed by atoms with Gasteiger partial charge in [0.15, 0.2) is 11.6 Å². The van der Waals surface area contributed by atoms with E-state index < -0.39 is 0 Å². The number of nitrogens with one attached hydrogen (secondary N) is 1. The third-order valence-corrected chi connectivity index (χ3v) is 3.01. The van der Waals surface area contributed by atoms with Crippen molar-refractivity contribution in [1.29, 1.82) is 5.26 Å². The Bertz CT molecular complexity index is 452. The highest BCUT2D eigenvalue weighted by molar-refractivity contribution is 5.47. The van der Waals surface area contributed by atoms with E-state index in [1.165, 1.54) is 13.2 Å². The van der Waals surface area contributed by atoms with Crippen molar-refractivity contribution in [2.24, 2.45) is 5.41 Å². The minimum Gasteiger partial charge on any atom is -0.494 e. The molecule has 0 heterocycles. The Kier molecular flexibility index (Phi) is 5.62. The Hall–Kier alpha value is -1.76. The number of hydrogen-bond donors (Lipinski definition) is 1. The van der Waals surface area contributed by atoms with Gasteiger partial charge in [0.2, 0.25) is 0 Å². The lowest BCUT2D eigenvalue weighted by atomic mass is 9.89. The van der Waals surface area contributed by atoms with E-state index in [0.717, 1.165) is 31.5 Å². The van der Waals surface area contributed by atoms with E-state index in [9.17, 15) is 4.39 Å². The molecule has 0 atom stereocenters. The average molecular weight is 264 g/mol. The first-order valence-electron chi connectivity index (χ1n) is 6.47. The molecule has 3 nitrogen and oxygen atoms in total. The van der Waals surface area contributed by atoms with Crippen LogP contribution in [0.1, 0.15) is 33.1 Å². The molecule has 0 fully saturated rings. The summed E-state index contributed by atoms with van der Waals surface area (Å²) < 4.78 is 18.3. The second kappa shape index (κ2) is 6.98. The summed E-state index contributed by atoms with van der Waals surface area (Å²) in [5, 5.41) is 12.1. The molecule has 0 unspecified atom stereocenters. The van der Waals surface area contributed by atoms with Crippen molar-refractivity contribution in [1.82, 2.24) is 0 Å². The van der Waals surface area contributed by atoms with Crippen LogP contribution in [-0.2, 0) is 0 Å². The fraction of sp³-hybridized carbons (Fsp3) is 0.533. The van der Waals surface area contributed by atoms with Crippen LogP contribution < -0.4 is 10.1 Å². The monoisotopic (exact) mass is 264 g/mol. The van der Waals surface area contributed by atoms with Crippen molar-refractivity contribution in [3.8, 4) is 11.8 Å². The summed E-state index contributed by atoms with van der Waals surface area (Å²) in [6.07, 6.45) is 2.81. The van der Waals surface area contributed by atoms with Crippen LogP contribution in [-0.4, -0.2) is 13.7 Å². The first-order chi connectivity index (χ1) is 8.98. The lowest BCUT2D eigenvalue weighted by molar-refractivity contribution is 0.386. The first-order valence-corrected chi connectivity index (χ1v) is 6.47. The van der Waals surface area contributed by atoms with Crippen LogP contribution in [0.3, 0.4) is 0 Å². The summed E-state index contributed by atoms with van der Waals surface area (Å²) in [5.74, 6) is -0.112. The summed E-state index contributed by atoms with van der Waals surface area (Å²) in [7, 11) is 1.45. The maximum absolute atomic E-state index is 13.4. The largest absolute Gasteiger partial charge is 0.494 e. The third-order valence-electron chi connectivity index (χ3n) is 3.01. The number of benzene rings is 1. The van der Waals surface area contributed by atoms with Gasteiger partial charge in [-0.2, -0.15) is 5.26 Å². The van der Waals surface area contributed by atoms with Crippen molar-refractivity contribution in [2.45, 2.75) is 33.1 Å². The van der Waals surface area contributed by atoms with Gasteiger partial charge in [-0.15, -0.1) is 0 Å². The van der Waals surface area contributed by atoms with Crippen LogP contribution in [0.25, 0.3) is 0 Å². The molecule has 0 spiro atoms. The molecule has 0 aliphatic heterocycles. The minimum absolute atomic E-state index is 0.251. The van der Waals surface area contributed by atoms with E-state index in [4.69, 9.17) is 10.00 Å². The van der Waals surface area contributed by atoms with Crippen LogP contribution >= 0.6 is 0 Å². The lowest BCUT2D eigenvalue weighted by Crippen LogP contribution is -2.09. The number of methoxy groups -OCH3 is 1. The van der Waals surface area contributed by atoms with Gasteiger partial charge in [-0.25, -0.2) is 4.39 Å². The van der Waals surface area contributed by atoms with Gasteiger partial charge in [-0.3, -0.25) is 0 Å². The summed E-state index contributed by atoms with van der Waals surface area (Å²) in [5.41, 5.74) is 0.490. The average Bonchev–Trinajstić information content (AvgIpc) is 2.38. The summed E-state index contributed by atoms with van der Waals surface area (Å²) in [6.45, 7) is 4.66. The quantitative estimate of drug-likeness (QED) is 0.758. The molecule has 104 valence electrons. The van der Waals surface area contributed by atoms with E-state index in [0.29, 0.717) is 0 Å². The molecular formula is C15H21FN2O. The maximum atomic E-state index is 13.4. The summed E-state index contributed by atoms with van der Waals surface area (Å²) in [6, 6.07) is 7.12. The smallest absolute Gasteiger partial charge is 0.167 e. The van der Waals surface area contributed by atoms with E-state index in [1.54, 1.807) is 12.1 Å². The molecule has 0 amide bonds. The van der Waals surface area contributed by atoms with Gasteiger partial charge in [0.1, 0.15) is 0 Å². The third kappa shape index (κ3) is 5.17. The van der Waals surface area contributed by atoms with E-state index >= 15 is 0 Å². The Labute approximate surface area is 114 Å². The van der Waals surface area contributed by atoms with Gasteiger partial charge >= 0.3 is 0 Å². The molecule has 0 radical (unpaired) electrons. The Morgan fingerprint density at radius 1 is 1.37 bits per heavy atom. The fourth-order valence-corrected chi connectivity index (χ4v) is 1.76. The number of hydrogen-bond acceptors (Lipinski definition) is 3. The van der Waals surface area contributed by atoms with Crippen molar-refractivity contribution in [3.63, 3.8) is 0 Å². The zero-order valence-electron chi connectivity index (χ0n) is 11.8. The molecule has 1 aromatic carbocycles. The highest BCUT2D eigenvalue weighted by Crippen LogP contribution is 2.22. The molecule has 1 rings (SSSR count). The van der Waals surface area contributed by atoms with Crippen LogP contribution in [0.4, 0.5) is 10.1 Å². The number of rotatable bonds is 7. The molecule has 0 aromatic heterocycles. The topological polar surface area (TPSA) is 45.0 Å². The summed E-state index contributed by atoms with van der Waals surface area (Å²) >= 11 is 0. The fourth-order valence-electron chi connectivity index (χ4n) is 1.76. The number of nitrogens with zero attached hydrogens (tertiary/aromatic N) is 1. The molecule has 1 N–H and O–H groups in total. The molecule has 4 heteroatoms. The van der Waals surface area contributed by atoms with Gasteiger partial charge in [-0.05, 0) is 38.8 Å². The highest BCUT2D eigenvalue weighted by Gasteiger charge is 2.15. The van der Waals surface area contributed by atoms with Gasteiger partial charge < -0.3 is 10.1 Å². The van der Waals surface area contributed by atoms with Crippen LogP contribution in [0.5, 0.6) is 5.75 Å². The van der Waals surface area contributed by atoms with Gasteiger partial charge in [0.05, 0.1) is 18.6 Å². The van der Waals surface area contributed by atoms with E-state index in [-0.39, 0.29) is 17.0 Å². The lowest BCUT2D eigenvalue weighted by Gasteiger charge is -2.14. The SMILES string of the molecule is COc1ccc(NCCCCC(C)(C)C#N)cc1F. The molecule has 0 aliphatic carbocycles. The number of halogens is 1. The Balaban J connectivity index is 2.31. The minimum atomic E-state index is -0.363. The predicted molar refractivity (Wildman–Crippen MR) is 74.7 cm³/mol. The molecular weight excluding hydrogens is 243 g/mol. The number of anilines is 1. The normalized spacial score (nSPS) is 10.9. The van der Waals surface area contributed by atoms with Gasteiger partial charge in [-0.1, -0.05) is 6.42 Å². The predicted octanol–water partition coefficient (Wildman–Crippen LogP) is 3.97. The molecule has 0 bridgehead atoms. The zero-order valence-corrected chi connectivity index (χ0v) is 11.8. The molecule has 0 aliphatic rings. The van der Waals surface area contributed by atoms with Crippen molar-refractivity contribution < 1.29 is 9.13 Å². The second-order valence-corrected chi connectivity index (χ2v) is 5.23. The van der Waals surface area contributed by atoms with E-state index in [1.807, 2.05) is 13.8 Å². The maximum Gasteiger partial charge on any atom is 0.167 e. The molecule has 1 aromatic rings. The van der Waals surface area contributed by atoms with Crippen LogP contribution in [0.15, 0.2) is 18.2 Å². The first kappa shape index (κ1) is 15.3. The van der Waals surface area contributed by atoms with Crippen molar-refractivity contribution >= 4 is 5.69 Å². The van der Waals surface area contributed by atoms with Crippen molar-refractivity contribution in [3.05, 3.63) is 24.0 Å². The number of ether oxygens (including phenoxy) is 1. The van der Waals surface area contributed by atoms with Crippen LogP contribution in [0.2, 0.25) is 0 Å². The van der Waals surface area contributed by atoms with Crippen LogP contribution in [0, 0.1) is 22.6 Å². The Morgan fingerprint density at radius 2 is 2.11 bits per heavy atom. The molecule has 0 saturated heterocycles. The van der Waals surface area contributed by atoms with Crippen molar-refractivity contribution in [2.75, 3.05) is 19.0 Å². The second-order valence-electron chi connectivity index (χ2n) is 5.23. The number of nitriles is 1. The molecule has 0 saturated carbocycles.